The van der Waals surface area contributed by atoms with Crippen LogP contribution in [0.4, 0.5) is 0 Å². The lowest BCUT2D eigenvalue weighted by atomic mass is 10.2. The number of hydrogen-bond donors (Lipinski definition) is 1. The van der Waals surface area contributed by atoms with E-state index in [0.29, 0.717) is 5.92 Å². The van der Waals surface area contributed by atoms with Gasteiger partial charge in [0.15, 0.2) is 0 Å². The predicted octanol–water partition coefficient (Wildman–Crippen LogP) is 3.17. The Morgan fingerprint density at radius 3 is 2.57 bits per heavy atom. The van der Waals surface area contributed by atoms with Gasteiger partial charge in [0.25, 0.3) is 0 Å². The molecule has 0 aliphatic rings. The standard InChI is InChI=1S/C17H20N4/c1-13(2)11-18-12-14-7-9-15(10-8-14)21-17-6-4-3-5-16(17)19-20-21/h3-10,13,18H,11-12H2,1-2H3. The van der Waals surface area contributed by atoms with Gasteiger partial charge in [0, 0.05) is 6.54 Å². The zero-order valence-electron chi connectivity index (χ0n) is 12.5. The van der Waals surface area contributed by atoms with Crippen molar-refractivity contribution in [2.24, 2.45) is 5.92 Å². The molecule has 1 N–H and O–H groups in total. The second kappa shape index (κ2) is 6.06. The Bertz CT molecular complexity index is 713. The van der Waals surface area contributed by atoms with E-state index < -0.39 is 0 Å². The summed E-state index contributed by atoms with van der Waals surface area (Å²) in [6, 6.07) is 16.5. The van der Waals surface area contributed by atoms with Crippen LogP contribution in [0.1, 0.15) is 19.4 Å². The number of hydrogen-bond acceptors (Lipinski definition) is 3. The molecule has 4 nitrogen and oxygen atoms in total. The Kier molecular flexibility index (Phi) is 3.97. The molecule has 0 aliphatic carbocycles. The normalized spacial score (nSPS) is 11.4. The van der Waals surface area contributed by atoms with Gasteiger partial charge >= 0.3 is 0 Å². The molecule has 0 fully saturated rings. The van der Waals surface area contributed by atoms with Gasteiger partial charge in [-0.3, -0.25) is 0 Å². The molecule has 21 heavy (non-hydrogen) atoms. The predicted molar refractivity (Wildman–Crippen MR) is 85.4 cm³/mol. The van der Waals surface area contributed by atoms with Gasteiger partial charge in [-0.1, -0.05) is 43.3 Å². The molecule has 3 aromatic rings. The number of fused-ring (bicyclic) bond motifs is 1. The van der Waals surface area contributed by atoms with Crippen LogP contribution in [-0.2, 0) is 6.54 Å². The zero-order chi connectivity index (χ0) is 14.7. The molecule has 0 amide bonds. The van der Waals surface area contributed by atoms with E-state index in [4.69, 9.17) is 0 Å². The third-order valence-electron chi connectivity index (χ3n) is 3.41. The van der Waals surface area contributed by atoms with E-state index in [0.717, 1.165) is 29.8 Å². The molecule has 1 heterocycles. The van der Waals surface area contributed by atoms with Gasteiger partial charge in [-0.25, -0.2) is 4.68 Å². The summed E-state index contributed by atoms with van der Waals surface area (Å²) in [5.41, 5.74) is 4.27. The number of aromatic nitrogens is 3. The quantitative estimate of drug-likeness (QED) is 0.780. The van der Waals surface area contributed by atoms with E-state index in [9.17, 15) is 0 Å². The average Bonchev–Trinajstić information content (AvgIpc) is 2.92. The van der Waals surface area contributed by atoms with Crippen molar-refractivity contribution in [2.45, 2.75) is 20.4 Å². The molecule has 0 bridgehead atoms. The molecular formula is C17H20N4. The Labute approximate surface area is 124 Å². The molecule has 0 unspecified atom stereocenters. The van der Waals surface area contributed by atoms with Crippen molar-refractivity contribution >= 4 is 11.0 Å². The summed E-state index contributed by atoms with van der Waals surface area (Å²) in [5.74, 6) is 0.672. The van der Waals surface area contributed by atoms with Crippen LogP contribution >= 0.6 is 0 Å². The van der Waals surface area contributed by atoms with Crippen molar-refractivity contribution in [3.8, 4) is 5.69 Å². The highest BCUT2D eigenvalue weighted by Gasteiger charge is 2.05. The molecule has 3 rings (SSSR count). The van der Waals surface area contributed by atoms with Crippen molar-refractivity contribution in [3.05, 3.63) is 54.1 Å². The van der Waals surface area contributed by atoms with Crippen LogP contribution in [0.15, 0.2) is 48.5 Å². The minimum atomic E-state index is 0.672. The summed E-state index contributed by atoms with van der Waals surface area (Å²) >= 11 is 0. The van der Waals surface area contributed by atoms with Crippen molar-refractivity contribution in [2.75, 3.05) is 6.54 Å². The van der Waals surface area contributed by atoms with Gasteiger partial charge in [-0.05, 0) is 42.3 Å². The first-order valence-corrected chi connectivity index (χ1v) is 7.34. The van der Waals surface area contributed by atoms with E-state index >= 15 is 0 Å². The van der Waals surface area contributed by atoms with E-state index in [2.05, 4.69) is 53.7 Å². The lowest BCUT2D eigenvalue weighted by molar-refractivity contribution is 0.552. The molecule has 1 aromatic heterocycles. The van der Waals surface area contributed by atoms with E-state index in [1.165, 1.54) is 5.56 Å². The number of rotatable bonds is 5. The van der Waals surface area contributed by atoms with Crippen LogP contribution in [0.25, 0.3) is 16.7 Å². The Morgan fingerprint density at radius 2 is 1.81 bits per heavy atom. The fourth-order valence-electron chi connectivity index (χ4n) is 2.32. The Morgan fingerprint density at radius 1 is 1.05 bits per heavy atom. The second-order valence-electron chi connectivity index (χ2n) is 5.68. The van der Waals surface area contributed by atoms with Crippen LogP contribution in [0, 0.1) is 5.92 Å². The monoisotopic (exact) mass is 280 g/mol. The van der Waals surface area contributed by atoms with Crippen molar-refractivity contribution in [1.82, 2.24) is 20.3 Å². The third-order valence-corrected chi connectivity index (χ3v) is 3.41. The maximum Gasteiger partial charge on any atom is 0.113 e. The molecule has 0 atom stereocenters. The maximum absolute atomic E-state index is 4.23. The molecule has 0 saturated heterocycles. The fraction of sp³-hybridized carbons (Fsp3) is 0.294. The SMILES string of the molecule is CC(C)CNCc1ccc(-n2nnc3ccccc32)cc1. The third kappa shape index (κ3) is 3.11. The molecule has 2 aromatic carbocycles. The Hall–Kier alpha value is -2.20. The van der Waals surface area contributed by atoms with Crippen LogP contribution in [0.5, 0.6) is 0 Å². The zero-order valence-corrected chi connectivity index (χ0v) is 12.5. The summed E-state index contributed by atoms with van der Waals surface area (Å²) in [5, 5.41) is 11.9. The van der Waals surface area contributed by atoms with Crippen molar-refractivity contribution in [1.29, 1.82) is 0 Å². The van der Waals surface area contributed by atoms with Crippen molar-refractivity contribution in [3.63, 3.8) is 0 Å². The molecule has 0 radical (unpaired) electrons. The molecule has 4 heteroatoms. The van der Waals surface area contributed by atoms with Crippen LogP contribution < -0.4 is 5.32 Å². The minimum absolute atomic E-state index is 0.672. The summed E-state index contributed by atoms with van der Waals surface area (Å²) in [6.07, 6.45) is 0. The van der Waals surface area contributed by atoms with Gasteiger partial charge in [-0.2, -0.15) is 0 Å². The summed E-state index contributed by atoms with van der Waals surface area (Å²) in [6.45, 7) is 6.36. The summed E-state index contributed by atoms with van der Waals surface area (Å²) < 4.78 is 1.88. The smallest absolute Gasteiger partial charge is 0.113 e. The first-order valence-electron chi connectivity index (χ1n) is 7.34. The van der Waals surface area contributed by atoms with Crippen LogP contribution in [-0.4, -0.2) is 21.5 Å². The summed E-state index contributed by atoms with van der Waals surface area (Å²) in [7, 11) is 0. The fourth-order valence-corrected chi connectivity index (χ4v) is 2.32. The molecule has 108 valence electrons. The average molecular weight is 280 g/mol. The van der Waals surface area contributed by atoms with E-state index in [1.807, 2.05) is 28.9 Å². The number of nitrogens with zero attached hydrogens (tertiary/aromatic N) is 3. The second-order valence-corrected chi connectivity index (χ2v) is 5.68. The minimum Gasteiger partial charge on any atom is -0.312 e. The molecule has 0 aliphatic heterocycles. The van der Waals surface area contributed by atoms with Crippen LogP contribution in [0.3, 0.4) is 0 Å². The van der Waals surface area contributed by atoms with Gasteiger partial charge in [0.2, 0.25) is 0 Å². The van der Waals surface area contributed by atoms with Crippen LogP contribution in [0.2, 0.25) is 0 Å². The first-order chi connectivity index (χ1) is 10.2. The molecule has 0 spiro atoms. The Balaban J connectivity index is 1.78. The van der Waals surface area contributed by atoms with Crippen molar-refractivity contribution < 1.29 is 0 Å². The highest BCUT2D eigenvalue weighted by Crippen LogP contribution is 2.16. The lowest BCUT2D eigenvalue weighted by Crippen LogP contribution is -2.18. The van der Waals surface area contributed by atoms with Gasteiger partial charge in [0.05, 0.1) is 11.2 Å². The number of nitrogens with one attached hydrogen (secondary N) is 1. The molecular weight excluding hydrogens is 260 g/mol. The molecule has 0 saturated carbocycles. The van der Waals surface area contributed by atoms with Gasteiger partial charge in [0.1, 0.15) is 5.52 Å². The highest BCUT2D eigenvalue weighted by molar-refractivity contribution is 5.75. The largest absolute Gasteiger partial charge is 0.312 e. The summed E-state index contributed by atoms with van der Waals surface area (Å²) in [4.78, 5) is 0. The number of benzene rings is 2. The van der Waals surface area contributed by atoms with E-state index in [-0.39, 0.29) is 0 Å². The first kappa shape index (κ1) is 13.8. The van der Waals surface area contributed by atoms with E-state index in [1.54, 1.807) is 0 Å². The van der Waals surface area contributed by atoms with Gasteiger partial charge in [-0.15, -0.1) is 5.10 Å². The lowest BCUT2D eigenvalue weighted by Gasteiger charge is -2.08. The topological polar surface area (TPSA) is 42.7 Å². The maximum atomic E-state index is 4.23. The number of para-hydroxylation sites is 1. The highest BCUT2D eigenvalue weighted by atomic mass is 15.4. The van der Waals surface area contributed by atoms with Gasteiger partial charge < -0.3 is 5.32 Å².